The Hall–Kier alpha value is -1.52. The molecule has 9 heteroatoms. The van der Waals surface area contributed by atoms with E-state index in [4.69, 9.17) is 18.9 Å². The van der Waals surface area contributed by atoms with Crippen molar-refractivity contribution >= 4 is 11.8 Å². The van der Waals surface area contributed by atoms with Crippen LogP contribution in [0.2, 0.25) is 0 Å². The number of aliphatic hydroxyl groups excluding tert-OH is 1. The molecule has 2 amide bonds. The lowest BCUT2D eigenvalue weighted by Gasteiger charge is -2.59. The predicted octanol–water partition coefficient (Wildman–Crippen LogP) is 5.78. The number of hydrogen-bond acceptors (Lipinski definition) is 7. The monoisotopic (exact) mass is 689 g/mol. The SMILES string of the molecule is CO[C@@H]1C[C@@H](CO)N(C(=O)COCCOCCNC(=O)CO[C@H]2C=C3CCC4[C@H]5CC[C@@H]([C@@H](C)CCC(C)C)[C@]5(C)CC[C@H]4[C@]3(C)CC2)C1. The minimum Gasteiger partial charge on any atom is -0.394 e. The summed E-state index contributed by atoms with van der Waals surface area (Å²) in [7, 11) is 1.62. The van der Waals surface area contributed by atoms with E-state index >= 15 is 0 Å². The van der Waals surface area contributed by atoms with E-state index in [9.17, 15) is 14.7 Å². The maximum absolute atomic E-state index is 12.5. The van der Waals surface area contributed by atoms with E-state index in [1.165, 1.54) is 57.8 Å². The molecule has 1 unspecified atom stereocenters. The van der Waals surface area contributed by atoms with Gasteiger partial charge in [0.05, 0.1) is 44.7 Å². The van der Waals surface area contributed by atoms with Crippen molar-refractivity contribution < 1.29 is 33.6 Å². The summed E-state index contributed by atoms with van der Waals surface area (Å²) in [5.41, 5.74) is 2.40. The average molecular weight is 689 g/mol. The van der Waals surface area contributed by atoms with E-state index in [1.54, 1.807) is 17.6 Å². The van der Waals surface area contributed by atoms with E-state index in [0.717, 1.165) is 41.9 Å². The standard InChI is InChI=1S/C40H68N2O7/c1-27(2)7-8-28(3)34-11-12-35-33-10-9-29-21-31(13-15-39(29,4)36(33)14-16-40(34,35)5)49-25-37(44)41-17-18-47-19-20-48-26-38(45)42-23-32(46-6)22-30(42)24-43/h21,27-28,30-36,43H,7-20,22-26H2,1-6H3,(H,41,44)/t28-,30-,31+,32+,33?,34-,35+,36+,39+,40-/m0/s1. The molecule has 4 fully saturated rings. The van der Waals surface area contributed by atoms with Gasteiger partial charge in [-0.15, -0.1) is 0 Å². The van der Waals surface area contributed by atoms with E-state index < -0.39 is 0 Å². The Kier molecular flexibility index (Phi) is 13.7. The van der Waals surface area contributed by atoms with Crippen molar-refractivity contribution in [2.75, 3.05) is 59.8 Å². The molecule has 0 aromatic rings. The summed E-state index contributed by atoms with van der Waals surface area (Å²) in [6, 6.07) is -0.221. The van der Waals surface area contributed by atoms with Gasteiger partial charge in [0, 0.05) is 20.2 Å². The largest absolute Gasteiger partial charge is 0.394 e. The third-order valence-electron chi connectivity index (χ3n) is 13.9. The van der Waals surface area contributed by atoms with Crippen molar-refractivity contribution in [1.82, 2.24) is 10.2 Å². The number of likely N-dealkylation sites (tertiary alicyclic amines) is 1. The van der Waals surface area contributed by atoms with Crippen LogP contribution in [-0.2, 0) is 28.5 Å². The summed E-state index contributed by atoms with van der Waals surface area (Å²) in [6.07, 6.45) is 16.1. The topological polar surface area (TPSA) is 107 Å². The number of methoxy groups -OCH3 is 1. The van der Waals surface area contributed by atoms with Crippen LogP contribution in [0.15, 0.2) is 11.6 Å². The molecule has 5 aliphatic rings. The number of allylic oxidation sites excluding steroid dienone is 1. The molecule has 280 valence electrons. The summed E-state index contributed by atoms with van der Waals surface area (Å²) in [5.74, 6) is 4.81. The van der Waals surface area contributed by atoms with Crippen molar-refractivity contribution in [3.8, 4) is 0 Å². The Morgan fingerprint density at radius 1 is 0.980 bits per heavy atom. The first kappa shape index (κ1) is 38.7. The van der Waals surface area contributed by atoms with Crippen LogP contribution in [0.25, 0.3) is 0 Å². The highest BCUT2D eigenvalue weighted by atomic mass is 16.5. The van der Waals surface area contributed by atoms with Gasteiger partial charge in [-0.05, 0) is 104 Å². The van der Waals surface area contributed by atoms with Gasteiger partial charge in [0.1, 0.15) is 13.2 Å². The lowest BCUT2D eigenvalue weighted by atomic mass is 9.46. The molecule has 2 N–H and O–H groups in total. The van der Waals surface area contributed by atoms with Gasteiger partial charge in [-0.1, -0.05) is 59.1 Å². The number of amides is 2. The first-order chi connectivity index (χ1) is 23.5. The van der Waals surface area contributed by atoms with Gasteiger partial charge in [0.15, 0.2) is 0 Å². The minimum absolute atomic E-state index is 0.0154. The fraction of sp³-hybridized carbons (Fsp3) is 0.900. The second-order valence-corrected chi connectivity index (χ2v) is 17.1. The second-order valence-electron chi connectivity index (χ2n) is 17.1. The van der Waals surface area contributed by atoms with Gasteiger partial charge in [-0.3, -0.25) is 9.59 Å². The lowest BCUT2D eigenvalue weighted by molar-refractivity contribution is -0.138. The van der Waals surface area contributed by atoms with Crippen LogP contribution in [0.3, 0.4) is 0 Å². The number of nitrogens with one attached hydrogen (secondary N) is 1. The smallest absolute Gasteiger partial charge is 0.248 e. The van der Waals surface area contributed by atoms with Gasteiger partial charge in [-0.25, -0.2) is 0 Å². The molecule has 49 heavy (non-hydrogen) atoms. The molecule has 1 saturated heterocycles. The third-order valence-corrected chi connectivity index (χ3v) is 13.9. The van der Waals surface area contributed by atoms with Crippen LogP contribution in [0.4, 0.5) is 0 Å². The molecule has 0 radical (unpaired) electrons. The summed E-state index contributed by atoms with van der Waals surface area (Å²) in [4.78, 5) is 26.6. The Balaban J connectivity index is 0.975. The number of hydrogen-bond donors (Lipinski definition) is 2. The quantitative estimate of drug-likeness (QED) is 0.147. The number of fused-ring (bicyclic) bond motifs is 5. The number of aliphatic hydroxyl groups is 1. The summed E-state index contributed by atoms with van der Waals surface area (Å²) < 4.78 is 22.5. The van der Waals surface area contributed by atoms with E-state index in [2.05, 4.69) is 46.0 Å². The van der Waals surface area contributed by atoms with E-state index in [-0.39, 0.29) is 61.9 Å². The lowest BCUT2D eigenvalue weighted by Crippen LogP contribution is -2.51. The van der Waals surface area contributed by atoms with Crippen LogP contribution in [0.1, 0.15) is 105 Å². The molecule has 9 nitrogen and oxygen atoms in total. The normalized spacial score (nSPS) is 36.2. The fourth-order valence-corrected chi connectivity index (χ4v) is 11.1. The van der Waals surface area contributed by atoms with Crippen LogP contribution in [0.5, 0.6) is 0 Å². The van der Waals surface area contributed by atoms with E-state index in [1.807, 2.05) is 0 Å². The molecule has 0 aromatic carbocycles. The first-order valence-corrected chi connectivity index (χ1v) is 19.7. The predicted molar refractivity (Wildman–Crippen MR) is 191 cm³/mol. The molecule has 5 rings (SSSR count). The number of carbonyl (C=O) groups is 2. The van der Waals surface area contributed by atoms with Crippen molar-refractivity contribution in [1.29, 1.82) is 0 Å². The Morgan fingerprint density at radius 3 is 2.53 bits per heavy atom. The zero-order chi connectivity index (χ0) is 35.2. The van der Waals surface area contributed by atoms with Crippen LogP contribution < -0.4 is 5.32 Å². The van der Waals surface area contributed by atoms with Crippen molar-refractivity contribution in [2.24, 2.45) is 46.3 Å². The Bertz CT molecular complexity index is 1130. The fourth-order valence-electron chi connectivity index (χ4n) is 11.1. The number of ether oxygens (including phenoxy) is 4. The first-order valence-electron chi connectivity index (χ1n) is 19.7. The zero-order valence-electron chi connectivity index (χ0n) is 31.6. The number of rotatable bonds is 17. The molecule has 0 aromatic heterocycles. The van der Waals surface area contributed by atoms with E-state index in [0.29, 0.717) is 38.1 Å². The van der Waals surface area contributed by atoms with Gasteiger partial charge >= 0.3 is 0 Å². The third kappa shape index (κ3) is 8.93. The molecule has 3 saturated carbocycles. The molecule has 4 aliphatic carbocycles. The van der Waals surface area contributed by atoms with Crippen LogP contribution >= 0.6 is 0 Å². The van der Waals surface area contributed by atoms with Gasteiger partial charge in [-0.2, -0.15) is 0 Å². The molecule has 10 atom stereocenters. The molecule has 0 spiro atoms. The van der Waals surface area contributed by atoms with Crippen molar-refractivity contribution in [3.05, 3.63) is 11.6 Å². The van der Waals surface area contributed by atoms with Gasteiger partial charge in [0.2, 0.25) is 11.8 Å². The highest BCUT2D eigenvalue weighted by Gasteiger charge is 2.59. The van der Waals surface area contributed by atoms with Crippen LogP contribution in [0, 0.1) is 46.3 Å². The highest BCUT2D eigenvalue weighted by molar-refractivity contribution is 5.78. The minimum atomic E-state index is -0.221. The molecule has 1 aliphatic heterocycles. The van der Waals surface area contributed by atoms with Crippen molar-refractivity contribution in [3.63, 3.8) is 0 Å². The molecule has 0 bridgehead atoms. The number of nitrogens with zero attached hydrogens (tertiary/aromatic N) is 1. The summed E-state index contributed by atoms with van der Waals surface area (Å²) in [5, 5.41) is 12.4. The Morgan fingerprint density at radius 2 is 1.78 bits per heavy atom. The van der Waals surface area contributed by atoms with Crippen LogP contribution in [-0.4, -0.2) is 99.9 Å². The maximum atomic E-state index is 12.5. The summed E-state index contributed by atoms with van der Waals surface area (Å²) in [6.45, 7) is 14.3. The summed E-state index contributed by atoms with van der Waals surface area (Å²) >= 11 is 0. The zero-order valence-corrected chi connectivity index (χ0v) is 31.6. The van der Waals surface area contributed by atoms with Gasteiger partial charge < -0.3 is 34.3 Å². The number of carbonyl (C=O) groups excluding carboxylic acids is 2. The Labute approximate surface area is 296 Å². The average Bonchev–Trinajstić information content (AvgIpc) is 3.68. The maximum Gasteiger partial charge on any atom is 0.248 e. The molecule has 1 heterocycles. The van der Waals surface area contributed by atoms with Crippen molar-refractivity contribution in [2.45, 2.75) is 123 Å². The highest BCUT2D eigenvalue weighted by Crippen LogP contribution is 2.67. The van der Waals surface area contributed by atoms with Gasteiger partial charge in [0.25, 0.3) is 0 Å². The molecular formula is C40H68N2O7. The molecular weight excluding hydrogens is 620 g/mol. The second kappa shape index (κ2) is 17.3.